The maximum Gasteiger partial charge on any atom is 0.257 e. The third-order valence-electron chi connectivity index (χ3n) is 2.24. The van der Waals surface area contributed by atoms with Gasteiger partial charge in [-0.2, -0.15) is 0 Å². The number of hydrogen-bond donors (Lipinski definition) is 1. The van der Waals surface area contributed by atoms with Crippen molar-refractivity contribution in [2.45, 2.75) is 0 Å². The van der Waals surface area contributed by atoms with Gasteiger partial charge in [-0.15, -0.1) is 0 Å². The Hall–Kier alpha value is -1.72. The predicted octanol–water partition coefficient (Wildman–Crippen LogP) is 3.92. The molecule has 1 aromatic carbocycles. The first kappa shape index (κ1) is 13.7. The first-order valence-electron chi connectivity index (χ1n) is 5.05. The molecule has 7 heteroatoms. The normalized spacial score (nSPS) is 10.3. The van der Waals surface area contributed by atoms with Gasteiger partial charge in [0.1, 0.15) is 5.15 Å². The van der Waals surface area contributed by atoms with Crippen molar-refractivity contribution in [2.75, 3.05) is 5.32 Å². The summed E-state index contributed by atoms with van der Waals surface area (Å²) in [7, 11) is 0. The summed E-state index contributed by atoms with van der Waals surface area (Å²) >= 11 is 11.4. The Balaban J connectivity index is 2.25. The van der Waals surface area contributed by atoms with Crippen molar-refractivity contribution in [1.82, 2.24) is 4.98 Å². The van der Waals surface area contributed by atoms with Crippen molar-refractivity contribution in [3.8, 4) is 0 Å². The number of nitrogens with one attached hydrogen (secondary N) is 1. The van der Waals surface area contributed by atoms with E-state index in [1.54, 1.807) is 0 Å². The van der Waals surface area contributed by atoms with E-state index in [9.17, 15) is 13.6 Å². The fraction of sp³-hybridized carbons (Fsp3) is 0. The van der Waals surface area contributed by atoms with Gasteiger partial charge in [-0.25, -0.2) is 13.8 Å². The van der Waals surface area contributed by atoms with Crippen LogP contribution in [0.1, 0.15) is 10.4 Å². The Bertz CT molecular complexity index is 650. The van der Waals surface area contributed by atoms with Gasteiger partial charge in [-0.05, 0) is 18.2 Å². The molecule has 1 amide bonds. The molecule has 1 aromatic heterocycles. The first-order chi connectivity index (χ1) is 8.97. The summed E-state index contributed by atoms with van der Waals surface area (Å²) in [5, 5.41) is 2.58. The molecule has 1 N–H and O–H groups in total. The predicted molar refractivity (Wildman–Crippen MR) is 68.6 cm³/mol. The van der Waals surface area contributed by atoms with Gasteiger partial charge in [-0.1, -0.05) is 23.2 Å². The maximum atomic E-state index is 13.0. The molecule has 0 bridgehead atoms. The standard InChI is InChI=1S/C12H6Cl2F2N2O/c13-8-5-17-11(14)4-7(8)12(19)18-6-1-2-9(15)10(16)3-6/h1-5H,(H,18,19). The highest BCUT2D eigenvalue weighted by molar-refractivity contribution is 6.35. The fourth-order valence-corrected chi connectivity index (χ4v) is 1.71. The van der Waals surface area contributed by atoms with E-state index in [-0.39, 0.29) is 21.4 Å². The lowest BCUT2D eigenvalue weighted by atomic mass is 10.2. The summed E-state index contributed by atoms with van der Waals surface area (Å²) in [6.07, 6.45) is 1.23. The van der Waals surface area contributed by atoms with Crippen molar-refractivity contribution in [2.24, 2.45) is 0 Å². The Morgan fingerprint density at radius 2 is 1.89 bits per heavy atom. The van der Waals surface area contributed by atoms with Crippen LogP contribution >= 0.6 is 23.2 Å². The lowest BCUT2D eigenvalue weighted by Gasteiger charge is -2.07. The van der Waals surface area contributed by atoms with Crippen molar-refractivity contribution < 1.29 is 13.6 Å². The summed E-state index contributed by atoms with van der Waals surface area (Å²) in [5.41, 5.74) is 0.194. The van der Waals surface area contributed by atoms with E-state index < -0.39 is 17.5 Å². The molecule has 2 aromatic rings. The molecule has 0 aliphatic carbocycles. The highest BCUT2D eigenvalue weighted by atomic mass is 35.5. The van der Waals surface area contributed by atoms with Gasteiger partial charge >= 0.3 is 0 Å². The third-order valence-corrected chi connectivity index (χ3v) is 2.75. The van der Waals surface area contributed by atoms with Crippen LogP contribution in [0.4, 0.5) is 14.5 Å². The summed E-state index contributed by atoms with van der Waals surface area (Å²) in [5.74, 6) is -2.65. The number of nitrogens with zero attached hydrogens (tertiary/aromatic N) is 1. The number of amides is 1. The second-order valence-corrected chi connectivity index (χ2v) is 4.36. The van der Waals surface area contributed by atoms with E-state index in [4.69, 9.17) is 23.2 Å². The number of anilines is 1. The molecule has 0 aliphatic heterocycles. The van der Waals surface area contributed by atoms with E-state index in [1.807, 2.05) is 0 Å². The summed E-state index contributed by atoms with van der Waals surface area (Å²) < 4.78 is 25.7. The lowest BCUT2D eigenvalue weighted by Crippen LogP contribution is -2.13. The van der Waals surface area contributed by atoms with Crippen molar-refractivity contribution >= 4 is 34.8 Å². The number of aromatic nitrogens is 1. The van der Waals surface area contributed by atoms with Crippen molar-refractivity contribution in [3.63, 3.8) is 0 Å². The monoisotopic (exact) mass is 302 g/mol. The van der Waals surface area contributed by atoms with E-state index in [0.717, 1.165) is 12.1 Å². The van der Waals surface area contributed by atoms with Crippen LogP contribution in [0.15, 0.2) is 30.5 Å². The molecule has 0 atom stereocenters. The van der Waals surface area contributed by atoms with Crippen LogP contribution in [-0.4, -0.2) is 10.9 Å². The number of halogens is 4. The molecule has 0 spiro atoms. The molecular weight excluding hydrogens is 297 g/mol. The second-order valence-electron chi connectivity index (χ2n) is 3.57. The largest absolute Gasteiger partial charge is 0.322 e. The van der Waals surface area contributed by atoms with Gasteiger partial charge in [-0.3, -0.25) is 4.79 Å². The molecule has 0 saturated heterocycles. The minimum Gasteiger partial charge on any atom is -0.322 e. The average molecular weight is 303 g/mol. The number of hydrogen-bond acceptors (Lipinski definition) is 2. The average Bonchev–Trinajstić information content (AvgIpc) is 2.36. The molecule has 98 valence electrons. The molecule has 0 fully saturated rings. The molecule has 2 rings (SSSR count). The quantitative estimate of drug-likeness (QED) is 0.854. The number of carbonyl (C=O) groups is 1. The Morgan fingerprint density at radius 1 is 1.16 bits per heavy atom. The minimum atomic E-state index is -1.06. The molecule has 3 nitrogen and oxygen atoms in total. The van der Waals surface area contributed by atoms with E-state index >= 15 is 0 Å². The van der Waals surface area contributed by atoms with Gasteiger partial charge < -0.3 is 5.32 Å². The van der Waals surface area contributed by atoms with Crippen LogP contribution in [0.2, 0.25) is 10.2 Å². The maximum absolute atomic E-state index is 13.0. The highest BCUT2D eigenvalue weighted by Gasteiger charge is 2.13. The summed E-state index contributed by atoms with van der Waals surface area (Å²) in [6, 6.07) is 4.28. The van der Waals surface area contributed by atoms with E-state index in [2.05, 4.69) is 10.3 Å². The zero-order chi connectivity index (χ0) is 14.0. The fourth-order valence-electron chi connectivity index (χ4n) is 1.36. The van der Waals surface area contributed by atoms with Crippen molar-refractivity contribution in [1.29, 1.82) is 0 Å². The van der Waals surface area contributed by atoms with Crippen LogP contribution in [0.3, 0.4) is 0 Å². The highest BCUT2D eigenvalue weighted by Crippen LogP contribution is 2.20. The zero-order valence-electron chi connectivity index (χ0n) is 9.25. The number of carbonyl (C=O) groups excluding carboxylic acids is 1. The summed E-state index contributed by atoms with van der Waals surface area (Å²) in [6.45, 7) is 0. The van der Waals surface area contributed by atoms with Crippen LogP contribution in [-0.2, 0) is 0 Å². The van der Waals surface area contributed by atoms with Crippen LogP contribution in [0.5, 0.6) is 0 Å². The number of benzene rings is 1. The lowest BCUT2D eigenvalue weighted by molar-refractivity contribution is 0.102. The molecular formula is C12H6Cl2F2N2O. The topological polar surface area (TPSA) is 42.0 Å². The Kier molecular flexibility index (Phi) is 3.97. The van der Waals surface area contributed by atoms with Gasteiger partial charge in [0.05, 0.1) is 10.6 Å². The first-order valence-corrected chi connectivity index (χ1v) is 5.80. The molecule has 1 heterocycles. The van der Waals surface area contributed by atoms with Crippen LogP contribution < -0.4 is 5.32 Å². The molecule has 0 radical (unpaired) electrons. The van der Waals surface area contributed by atoms with Gasteiger partial charge in [0, 0.05) is 18.0 Å². The van der Waals surface area contributed by atoms with E-state index in [0.29, 0.717) is 0 Å². The minimum absolute atomic E-state index is 0.0893. The Morgan fingerprint density at radius 3 is 2.58 bits per heavy atom. The molecule has 0 aliphatic rings. The Labute approximate surface area is 117 Å². The molecule has 0 unspecified atom stereocenters. The van der Waals surface area contributed by atoms with Crippen LogP contribution in [0.25, 0.3) is 0 Å². The third kappa shape index (κ3) is 3.19. The van der Waals surface area contributed by atoms with Crippen LogP contribution in [0, 0.1) is 11.6 Å². The summed E-state index contributed by atoms with van der Waals surface area (Å²) in [4.78, 5) is 15.6. The number of rotatable bonds is 2. The van der Waals surface area contributed by atoms with Crippen molar-refractivity contribution in [3.05, 3.63) is 57.8 Å². The smallest absolute Gasteiger partial charge is 0.257 e. The van der Waals surface area contributed by atoms with Gasteiger partial charge in [0.25, 0.3) is 5.91 Å². The number of pyridine rings is 1. The van der Waals surface area contributed by atoms with E-state index in [1.165, 1.54) is 18.3 Å². The van der Waals surface area contributed by atoms with Gasteiger partial charge in [0.2, 0.25) is 0 Å². The van der Waals surface area contributed by atoms with Gasteiger partial charge in [0.15, 0.2) is 11.6 Å². The molecule has 0 saturated carbocycles. The second kappa shape index (κ2) is 5.50. The zero-order valence-corrected chi connectivity index (χ0v) is 10.8. The molecule has 19 heavy (non-hydrogen) atoms. The SMILES string of the molecule is O=C(Nc1ccc(F)c(F)c1)c1cc(Cl)ncc1Cl.